The Labute approximate surface area is 239 Å². The zero-order valence-electron chi connectivity index (χ0n) is 22.4. The lowest BCUT2D eigenvalue weighted by Gasteiger charge is -2.36. The summed E-state index contributed by atoms with van der Waals surface area (Å²) >= 11 is 0. The molecule has 0 spiro atoms. The molecule has 2 aromatic carbocycles. The summed E-state index contributed by atoms with van der Waals surface area (Å²) in [5.41, 5.74) is 6.54. The Balaban J connectivity index is 1.41. The smallest absolute Gasteiger partial charge is 0.297 e. The number of H-pyrrole nitrogens is 1. The average molecular weight is 591 g/mol. The number of carbonyl (C=O) groups excluding carboxylic acids is 1. The highest BCUT2D eigenvalue weighted by molar-refractivity contribution is 7.91. The van der Waals surface area contributed by atoms with Crippen molar-refractivity contribution in [2.24, 2.45) is 11.7 Å². The van der Waals surface area contributed by atoms with Crippen LogP contribution in [-0.4, -0.2) is 54.5 Å². The number of nitrogens with two attached hydrogens (primary N) is 1. The second kappa shape index (κ2) is 9.34. The molecule has 4 N–H and O–H groups in total. The molecule has 4 heterocycles. The SMILES string of the molecule is C[C@@H]1CN(c2c(C(N)=O)cccc2S(=O)(=O)c2cc3c(c([N+](=O)[O-])c2)N[C@@H](C2CC2)CO3)c2cc3cc[nH]c3nc2O1. The first-order chi connectivity index (χ1) is 20.1. The number of rotatable bonds is 6. The molecule has 2 aliphatic heterocycles. The van der Waals surface area contributed by atoms with Gasteiger partial charge in [0.05, 0.1) is 38.6 Å². The number of nitro groups is 1. The van der Waals surface area contributed by atoms with E-state index in [1.165, 1.54) is 24.3 Å². The van der Waals surface area contributed by atoms with Crippen LogP contribution in [0, 0.1) is 16.0 Å². The van der Waals surface area contributed by atoms with Crippen molar-refractivity contribution in [3.05, 3.63) is 64.3 Å². The number of amides is 1. The normalized spacial score (nSPS) is 19.7. The van der Waals surface area contributed by atoms with Crippen molar-refractivity contribution >= 4 is 49.5 Å². The molecule has 0 saturated heterocycles. The van der Waals surface area contributed by atoms with E-state index >= 15 is 0 Å². The molecule has 42 heavy (non-hydrogen) atoms. The molecule has 13 nitrogen and oxygen atoms in total. The van der Waals surface area contributed by atoms with Crippen LogP contribution in [0.5, 0.6) is 11.6 Å². The lowest BCUT2D eigenvalue weighted by Crippen LogP contribution is -2.37. The van der Waals surface area contributed by atoms with E-state index in [1.54, 1.807) is 24.1 Å². The molecule has 7 rings (SSSR count). The van der Waals surface area contributed by atoms with Gasteiger partial charge in [-0.05, 0) is 49.9 Å². The average Bonchev–Trinajstić information content (AvgIpc) is 3.72. The predicted molar refractivity (Wildman–Crippen MR) is 152 cm³/mol. The second-order valence-electron chi connectivity index (χ2n) is 10.8. The quantitative estimate of drug-likeness (QED) is 0.220. The summed E-state index contributed by atoms with van der Waals surface area (Å²) in [6, 6.07) is 10.0. The van der Waals surface area contributed by atoms with Crippen LogP contribution in [0.3, 0.4) is 0 Å². The number of ether oxygens (including phenoxy) is 2. The molecular formula is C28H26N6O7S. The molecule has 1 aliphatic carbocycles. The number of anilines is 3. The van der Waals surface area contributed by atoms with Crippen molar-refractivity contribution in [1.29, 1.82) is 0 Å². The van der Waals surface area contributed by atoms with Gasteiger partial charge >= 0.3 is 0 Å². The maximum absolute atomic E-state index is 14.4. The lowest BCUT2D eigenvalue weighted by molar-refractivity contribution is -0.384. The summed E-state index contributed by atoms with van der Waals surface area (Å²) in [6.07, 6.45) is 3.29. The van der Waals surface area contributed by atoms with Crippen molar-refractivity contribution in [2.45, 2.75) is 41.7 Å². The molecule has 216 valence electrons. The third kappa shape index (κ3) is 4.17. The van der Waals surface area contributed by atoms with Gasteiger partial charge in [0.1, 0.15) is 24.0 Å². The van der Waals surface area contributed by atoms with Crippen molar-refractivity contribution in [2.75, 3.05) is 23.4 Å². The number of nitrogens with zero attached hydrogens (tertiary/aromatic N) is 3. The molecule has 3 aliphatic rings. The molecule has 1 fully saturated rings. The summed E-state index contributed by atoms with van der Waals surface area (Å²) in [5.74, 6) is -0.147. The summed E-state index contributed by atoms with van der Waals surface area (Å²) < 4.78 is 40.5. The number of benzene rings is 2. The first-order valence-electron chi connectivity index (χ1n) is 13.4. The van der Waals surface area contributed by atoms with Crippen LogP contribution in [0.15, 0.2) is 58.5 Å². The van der Waals surface area contributed by atoms with E-state index in [1.807, 2.05) is 6.07 Å². The van der Waals surface area contributed by atoms with Crippen LogP contribution in [0.25, 0.3) is 11.0 Å². The maximum atomic E-state index is 14.4. The zero-order valence-corrected chi connectivity index (χ0v) is 23.2. The summed E-state index contributed by atoms with van der Waals surface area (Å²) in [5, 5.41) is 16.1. The minimum atomic E-state index is -4.46. The first kappa shape index (κ1) is 26.1. The molecule has 0 bridgehead atoms. The fourth-order valence-corrected chi connectivity index (χ4v) is 7.18. The largest absolute Gasteiger partial charge is 0.489 e. The van der Waals surface area contributed by atoms with Crippen LogP contribution < -0.4 is 25.4 Å². The third-order valence-electron chi connectivity index (χ3n) is 7.85. The van der Waals surface area contributed by atoms with Crippen molar-refractivity contribution in [3.63, 3.8) is 0 Å². The Morgan fingerprint density at radius 1 is 1.21 bits per heavy atom. The van der Waals surface area contributed by atoms with Crippen molar-refractivity contribution < 1.29 is 27.6 Å². The molecule has 2 aromatic heterocycles. The number of aromatic nitrogens is 2. The van der Waals surface area contributed by atoms with Crippen molar-refractivity contribution in [3.8, 4) is 11.6 Å². The minimum absolute atomic E-state index is 0.0336. The van der Waals surface area contributed by atoms with Gasteiger partial charge in [-0.15, -0.1) is 0 Å². The van der Waals surface area contributed by atoms with Crippen molar-refractivity contribution in [1.82, 2.24) is 9.97 Å². The number of sulfone groups is 1. The molecule has 1 saturated carbocycles. The minimum Gasteiger partial charge on any atom is -0.489 e. The number of primary amides is 1. The number of pyridine rings is 1. The van der Waals surface area contributed by atoms with Gasteiger partial charge < -0.3 is 30.4 Å². The highest BCUT2D eigenvalue weighted by Gasteiger charge is 2.39. The van der Waals surface area contributed by atoms with Gasteiger partial charge in [-0.3, -0.25) is 14.9 Å². The molecule has 2 atom stereocenters. The molecular weight excluding hydrogens is 564 g/mol. The number of nitro benzene ring substituents is 1. The number of hydrogen-bond acceptors (Lipinski definition) is 10. The monoisotopic (exact) mass is 590 g/mol. The van der Waals surface area contributed by atoms with Crippen LogP contribution in [0.2, 0.25) is 0 Å². The van der Waals surface area contributed by atoms with Gasteiger partial charge in [-0.25, -0.2) is 8.42 Å². The fourth-order valence-electron chi connectivity index (χ4n) is 5.67. The van der Waals surface area contributed by atoms with E-state index in [0.717, 1.165) is 24.3 Å². The van der Waals surface area contributed by atoms with Crippen LogP contribution >= 0.6 is 0 Å². The molecule has 0 radical (unpaired) electrons. The topological polar surface area (TPSA) is 183 Å². The van der Waals surface area contributed by atoms with Crippen LogP contribution in [0.1, 0.15) is 30.1 Å². The lowest BCUT2D eigenvalue weighted by atomic mass is 10.1. The molecule has 4 aromatic rings. The summed E-state index contributed by atoms with van der Waals surface area (Å²) in [7, 11) is -4.46. The Morgan fingerprint density at radius 2 is 2.02 bits per heavy atom. The summed E-state index contributed by atoms with van der Waals surface area (Å²) in [6.45, 7) is 2.24. The van der Waals surface area contributed by atoms with Crippen LogP contribution in [0.4, 0.5) is 22.7 Å². The number of hydrogen-bond donors (Lipinski definition) is 3. The number of fused-ring (bicyclic) bond motifs is 3. The van der Waals surface area contributed by atoms with Gasteiger partial charge in [-0.1, -0.05) is 6.07 Å². The van der Waals surface area contributed by atoms with Gasteiger partial charge in [0.25, 0.3) is 11.6 Å². The van der Waals surface area contributed by atoms with E-state index in [4.69, 9.17) is 15.2 Å². The molecule has 0 unspecified atom stereocenters. The van der Waals surface area contributed by atoms with E-state index in [0.29, 0.717) is 17.3 Å². The highest BCUT2D eigenvalue weighted by Crippen LogP contribution is 2.47. The standard InChI is InChI=1S/C28H26N6O7S/c1-14-12-33(21-9-16-7-8-30-27(16)32-28(21)41-14)25-18(26(29)35)3-2-4-23(25)42(38,39)17-10-20(34(36)37)24-22(11-17)40-13-19(31-24)15-5-6-15/h2-4,7-11,14-15,19,31H,5-6,12-13H2,1H3,(H2,29,35)(H,30,32)/t14-,19-/m1/s1. The van der Waals surface area contributed by atoms with E-state index in [2.05, 4.69) is 15.3 Å². The third-order valence-corrected chi connectivity index (χ3v) is 9.61. The van der Waals surface area contributed by atoms with Gasteiger partial charge in [0.2, 0.25) is 15.7 Å². The zero-order chi connectivity index (χ0) is 29.3. The Morgan fingerprint density at radius 3 is 2.76 bits per heavy atom. The number of aromatic amines is 1. The first-order valence-corrected chi connectivity index (χ1v) is 14.9. The fraction of sp³-hybridized carbons (Fsp3) is 0.286. The highest BCUT2D eigenvalue weighted by atomic mass is 32.2. The van der Waals surface area contributed by atoms with E-state index in [-0.39, 0.29) is 57.6 Å². The van der Waals surface area contributed by atoms with E-state index in [9.17, 15) is 23.3 Å². The Bertz CT molecular complexity index is 1900. The van der Waals surface area contributed by atoms with Gasteiger partial charge in [-0.2, -0.15) is 4.98 Å². The van der Waals surface area contributed by atoms with E-state index < -0.39 is 32.5 Å². The number of nitrogens with one attached hydrogen (secondary N) is 2. The predicted octanol–water partition coefficient (Wildman–Crippen LogP) is 3.90. The number of carbonyl (C=O) groups is 1. The summed E-state index contributed by atoms with van der Waals surface area (Å²) in [4.78, 5) is 32.8. The number of para-hydroxylation sites is 1. The molecule has 1 amide bonds. The molecule has 14 heteroatoms. The maximum Gasteiger partial charge on any atom is 0.297 e. The Hall–Kier alpha value is -4.85. The Kier molecular flexibility index (Phi) is 5.80. The van der Waals surface area contributed by atoms with Gasteiger partial charge in [0, 0.05) is 23.7 Å². The second-order valence-corrected chi connectivity index (χ2v) is 12.7. The van der Waals surface area contributed by atoms with Gasteiger partial charge in [0.15, 0.2) is 11.4 Å². The van der Waals surface area contributed by atoms with Crippen LogP contribution in [-0.2, 0) is 9.84 Å².